The first-order valence-corrected chi connectivity index (χ1v) is 11.1. The van der Waals surface area contributed by atoms with Crippen LogP contribution in [0.25, 0.3) is 0 Å². The van der Waals surface area contributed by atoms with Crippen LogP contribution in [0.5, 0.6) is 0 Å². The second-order valence-corrected chi connectivity index (χ2v) is 8.67. The molecule has 0 bridgehead atoms. The van der Waals surface area contributed by atoms with Crippen LogP contribution in [0.2, 0.25) is 0 Å². The van der Waals surface area contributed by atoms with Crippen LogP contribution < -0.4 is 10.6 Å². The molecule has 32 heavy (non-hydrogen) atoms. The Morgan fingerprint density at radius 1 is 1.19 bits per heavy atom. The highest BCUT2D eigenvalue weighted by molar-refractivity contribution is 5.78. The minimum absolute atomic E-state index is 0.0275. The zero-order valence-electron chi connectivity index (χ0n) is 17.9. The molecular formula is C23H28FN5O3. The Balaban J connectivity index is 1.31. The first kappa shape index (κ1) is 22.1. The highest BCUT2D eigenvalue weighted by Gasteiger charge is 2.29. The molecule has 1 aromatic heterocycles. The maximum Gasteiger partial charge on any atom is 0.287 e. The van der Waals surface area contributed by atoms with Gasteiger partial charge in [0.1, 0.15) is 17.8 Å². The third kappa shape index (κ3) is 5.59. The van der Waals surface area contributed by atoms with Crippen molar-refractivity contribution in [1.29, 1.82) is 0 Å². The number of rotatable bonds is 8. The number of nitrogens with one attached hydrogen (secondary N) is 2. The minimum Gasteiger partial charge on any atom is -0.366 e. The molecule has 1 aliphatic heterocycles. The van der Waals surface area contributed by atoms with Gasteiger partial charge >= 0.3 is 0 Å². The molecule has 9 heteroatoms. The van der Waals surface area contributed by atoms with E-state index in [-0.39, 0.29) is 29.5 Å². The Labute approximate surface area is 186 Å². The Morgan fingerprint density at radius 2 is 1.94 bits per heavy atom. The number of amides is 1. The van der Waals surface area contributed by atoms with E-state index in [0.29, 0.717) is 24.8 Å². The van der Waals surface area contributed by atoms with Crippen molar-refractivity contribution in [3.63, 3.8) is 0 Å². The fourth-order valence-corrected chi connectivity index (χ4v) is 4.74. The lowest BCUT2D eigenvalue weighted by Gasteiger charge is -2.26. The van der Waals surface area contributed by atoms with E-state index >= 15 is 0 Å². The molecule has 1 aromatic carbocycles. The third-order valence-electron chi connectivity index (χ3n) is 6.37. The smallest absolute Gasteiger partial charge is 0.287 e. The molecule has 1 amide bonds. The SMILES string of the molecule is O=C(CN1CCC(Nc2ccc([N+](=O)[O-])cn2)C1)NC(c1ccc(F)cc1)C1CCCC1. The van der Waals surface area contributed by atoms with E-state index in [0.717, 1.165) is 44.2 Å². The summed E-state index contributed by atoms with van der Waals surface area (Å²) in [6.07, 6.45) is 6.56. The largest absolute Gasteiger partial charge is 0.366 e. The highest BCUT2D eigenvalue weighted by atomic mass is 19.1. The van der Waals surface area contributed by atoms with E-state index < -0.39 is 4.92 Å². The number of carbonyl (C=O) groups excluding carboxylic acids is 1. The molecule has 0 radical (unpaired) electrons. The Hall–Kier alpha value is -3.07. The molecular weight excluding hydrogens is 413 g/mol. The lowest BCUT2D eigenvalue weighted by atomic mass is 9.91. The van der Waals surface area contributed by atoms with Crippen LogP contribution in [-0.2, 0) is 4.79 Å². The van der Waals surface area contributed by atoms with Crippen molar-refractivity contribution in [2.45, 2.75) is 44.2 Å². The van der Waals surface area contributed by atoms with Gasteiger partial charge in [0.25, 0.3) is 5.69 Å². The van der Waals surface area contributed by atoms with Crippen molar-refractivity contribution in [2.75, 3.05) is 25.0 Å². The van der Waals surface area contributed by atoms with Gasteiger partial charge in [-0.2, -0.15) is 0 Å². The van der Waals surface area contributed by atoms with Gasteiger partial charge in [-0.25, -0.2) is 9.37 Å². The summed E-state index contributed by atoms with van der Waals surface area (Å²) in [5.41, 5.74) is 0.912. The minimum atomic E-state index is -0.475. The number of benzene rings is 1. The van der Waals surface area contributed by atoms with Crippen molar-refractivity contribution in [3.8, 4) is 0 Å². The van der Waals surface area contributed by atoms with Crippen LogP contribution in [0.3, 0.4) is 0 Å². The van der Waals surface area contributed by atoms with Gasteiger partial charge in [0, 0.05) is 25.2 Å². The summed E-state index contributed by atoms with van der Waals surface area (Å²) in [7, 11) is 0. The van der Waals surface area contributed by atoms with Crippen molar-refractivity contribution in [1.82, 2.24) is 15.2 Å². The maximum absolute atomic E-state index is 13.4. The predicted octanol–water partition coefficient (Wildman–Crippen LogP) is 3.66. The number of carbonyl (C=O) groups is 1. The monoisotopic (exact) mass is 441 g/mol. The summed E-state index contributed by atoms with van der Waals surface area (Å²) >= 11 is 0. The summed E-state index contributed by atoms with van der Waals surface area (Å²) in [5, 5.41) is 17.2. The molecule has 0 spiro atoms. The van der Waals surface area contributed by atoms with Gasteiger partial charge in [0.2, 0.25) is 5.91 Å². The van der Waals surface area contributed by atoms with Gasteiger partial charge < -0.3 is 10.6 Å². The van der Waals surface area contributed by atoms with Crippen molar-refractivity contribution < 1.29 is 14.1 Å². The van der Waals surface area contributed by atoms with E-state index in [4.69, 9.17) is 0 Å². The highest BCUT2D eigenvalue weighted by Crippen LogP contribution is 2.35. The van der Waals surface area contributed by atoms with Crippen LogP contribution in [0.1, 0.15) is 43.7 Å². The molecule has 1 saturated carbocycles. The topological polar surface area (TPSA) is 100 Å². The molecule has 1 aliphatic carbocycles. The normalized spacial score (nSPS) is 20.2. The molecule has 2 aliphatic rings. The van der Waals surface area contributed by atoms with Gasteiger partial charge in [0.05, 0.1) is 17.5 Å². The molecule has 2 N–H and O–H groups in total. The predicted molar refractivity (Wildman–Crippen MR) is 119 cm³/mol. The van der Waals surface area contributed by atoms with E-state index in [9.17, 15) is 19.3 Å². The first-order valence-electron chi connectivity index (χ1n) is 11.1. The number of halogens is 1. The number of nitrogens with zero attached hydrogens (tertiary/aromatic N) is 3. The van der Waals surface area contributed by atoms with Gasteiger partial charge in [-0.1, -0.05) is 25.0 Å². The van der Waals surface area contributed by atoms with E-state index in [1.807, 2.05) is 0 Å². The van der Waals surface area contributed by atoms with Crippen molar-refractivity contribution in [3.05, 3.63) is 64.1 Å². The number of hydrogen-bond acceptors (Lipinski definition) is 6. The first-order chi connectivity index (χ1) is 15.5. The molecule has 4 rings (SSSR count). The summed E-state index contributed by atoms with van der Waals surface area (Å²) < 4.78 is 13.4. The summed E-state index contributed by atoms with van der Waals surface area (Å²) in [6.45, 7) is 1.77. The van der Waals surface area contributed by atoms with Crippen LogP contribution in [-0.4, -0.2) is 46.4 Å². The number of pyridine rings is 1. The van der Waals surface area contributed by atoms with Crippen LogP contribution in [0.4, 0.5) is 15.9 Å². The molecule has 1 saturated heterocycles. The second-order valence-electron chi connectivity index (χ2n) is 8.67. The van der Waals surface area contributed by atoms with Gasteiger partial charge in [-0.15, -0.1) is 0 Å². The maximum atomic E-state index is 13.4. The number of aromatic nitrogens is 1. The van der Waals surface area contributed by atoms with Gasteiger partial charge in [0.15, 0.2) is 0 Å². The van der Waals surface area contributed by atoms with E-state index in [2.05, 4.69) is 20.5 Å². The fourth-order valence-electron chi connectivity index (χ4n) is 4.74. The fraction of sp³-hybridized carbons (Fsp3) is 0.478. The van der Waals surface area contributed by atoms with Gasteiger partial charge in [-0.3, -0.25) is 19.8 Å². The van der Waals surface area contributed by atoms with Crippen LogP contribution >= 0.6 is 0 Å². The van der Waals surface area contributed by atoms with Crippen molar-refractivity contribution >= 4 is 17.4 Å². The molecule has 2 aromatic rings. The van der Waals surface area contributed by atoms with E-state index in [1.165, 1.54) is 24.4 Å². The lowest BCUT2D eigenvalue weighted by Crippen LogP contribution is -2.40. The Morgan fingerprint density at radius 3 is 2.59 bits per heavy atom. The van der Waals surface area contributed by atoms with Crippen LogP contribution in [0, 0.1) is 21.8 Å². The Kier molecular flexibility index (Phi) is 6.94. The second kappa shape index (κ2) is 10.0. The quantitative estimate of drug-likeness (QED) is 0.479. The zero-order valence-corrected chi connectivity index (χ0v) is 17.9. The van der Waals surface area contributed by atoms with Gasteiger partial charge in [-0.05, 0) is 48.9 Å². The van der Waals surface area contributed by atoms with E-state index in [1.54, 1.807) is 18.2 Å². The molecule has 170 valence electrons. The number of likely N-dealkylation sites (tertiary alicyclic amines) is 1. The third-order valence-corrected chi connectivity index (χ3v) is 6.37. The summed E-state index contributed by atoms with van der Waals surface area (Å²) in [5.74, 6) is 0.666. The molecule has 2 fully saturated rings. The number of hydrogen-bond donors (Lipinski definition) is 2. The van der Waals surface area contributed by atoms with Crippen molar-refractivity contribution in [2.24, 2.45) is 5.92 Å². The molecule has 2 unspecified atom stereocenters. The summed E-state index contributed by atoms with van der Waals surface area (Å²) in [4.78, 5) is 29.3. The summed E-state index contributed by atoms with van der Waals surface area (Å²) in [6, 6.07) is 9.50. The zero-order chi connectivity index (χ0) is 22.5. The average molecular weight is 442 g/mol. The molecule has 2 heterocycles. The molecule has 8 nitrogen and oxygen atoms in total. The molecule has 2 atom stereocenters. The lowest BCUT2D eigenvalue weighted by molar-refractivity contribution is -0.385. The Bertz CT molecular complexity index is 932. The average Bonchev–Trinajstić information content (AvgIpc) is 3.46. The standard InChI is InChI=1S/C23H28FN5O3/c24-18-7-5-17(6-8-18)23(16-3-1-2-4-16)27-22(30)15-28-12-11-19(14-28)26-21-10-9-20(13-25-21)29(31)32/h5-10,13,16,19,23H,1-4,11-12,14-15H2,(H,25,26)(H,27,30). The number of nitro groups is 1. The van der Waals surface area contributed by atoms with Crippen LogP contribution in [0.15, 0.2) is 42.6 Å². The number of anilines is 1.